The van der Waals surface area contributed by atoms with E-state index in [4.69, 9.17) is 24.1 Å². The Labute approximate surface area is 271 Å². The zero-order valence-corrected chi connectivity index (χ0v) is 27.6. The van der Waals surface area contributed by atoms with Gasteiger partial charge in [0.2, 0.25) is 5.78 Å². The number of benzene rings is 2. The van der Waals surface area contributed by atoms with Gasteiger partial charge in [0.05, 0.1) is 14.2 Å². The number of esters is 1. The fraction of sp³-hybridized carbons (Fsp3) is 0.543. The lowest BCUT2D eigenvalue weighted by molar-refractivity contribution is -0.164. The van der Waals surface area contributed by atoms with Gasteiger partial charge in [-0.3, -0.25) is 14.4 Å². The van der Waals surface area contributed by atoms with Crippen LogP contribution in [-0.2, 0) is 30.3 Å². The van der Waals surface area contributed by atoms with Crippen molar-refractivity contribution in [2.45, 2.75) is 77.9 Å². The fourth-order valence-corrected chi connectivity index (χ4v) is 5.16. The van der Waals surface area contributed by atoms with Gasteiger partial charge >= 0.3 is 5.97 Å². The number of likely N-dealkylation sites (tertiary alicyclic amines) is 1. The van der Waals surface area contributed by atoms with Gasteiger partial charge in [-0.2, -0.15) is 0 Å². The molecule has 252 valence electrons. The van der Waals surface area contributed by atoms with Crippen LogP contribution < -0.4 is 19.5 Å². The summed E-state index contributed by atoms with van der Waals surface area (Å²) in [5, 5.41) is 11.6. The first-order valence-electron chi connectivity index (χ1n) is 15.9. The average Bonchev–Trinajstić information content (AvgIpc) is 3.08. The Kier molecular flexibility index (Phi) is 13.9. The van der Waals surface area contributed by atoms with Crippen LogP contribution in [0.2, 0.25) is 0 Å². The van der Waals surface area contributed by atoms with Crippen molar-refractivity contribution >= 4 is 23.6 Å². The molecule has 0 aliphatic carbocycles. The number of nitrogens with zero attached hydrogens (tertiary/aromatic N) is 1. The van der Waals surface area contributed by atoms with Crippen LogP contribution in [0, 0.1) is 5.41 Å². The molecule has 1 aliphatic heterocycles. The van der Waals surface area contributed by atoms with Crippen molar-refractivity contribution in [2.24, 2.45) is 5.41 Å². The number of ether oxygens (including phenoxy) is 4. The summed E-state index contributed by atoms with van der Waals surface area (Å²) in [6.07, 6.45) is 2.98. The third kappa shape index (κ3) is 9.94. The number of aryl methyl sites for hydroxylation is 1. The highest BCUT2D eigenvalue weighted by Gasteiger charge is 2.41. The standard InChI is InChI=1S/C35H48N2O9/c1-6-35(2,3)32(40)33(41)37-19-8-7-13-27(37)34(42)46-28(16-14-24-15-17-29(43-4)30(21-24)44-5)25-11-9-12-26(22-25)45-23-31(39)36-18-10-20-38/h9,11-12,15,17,21-22,27-28,38H,6-8,10,13-14,16,18-20,23H2,1-5H3,(H,36,39)/t27?,28-/m1/s1. The molecule has 11 heteroatoms. The number of amides is 2. The van der Waals surface area contributed by atoms with Crippen LogP contribution in [0.1, 0.15) is 76.5 Å². The number of rotatable bonds is 17. The predicted octanol–water partition coefficient (Wildman–Crippen LogP) is 4.18. The third-order valence-electron chi connectivity index (χ3n) is 8.39. The number of Topliss-reactive ketones (excluding diaryl/α,β-unsaturated/α-hetero) is 1. The number of hydrogen-bond acceptors (Lipinski definition) is 9. The van der Waals surface area contributed by atoms with Crippen LogP contribution in [0.25, 0.3) is 0 Å². The molecule has 2 aromatic rings. The van der Waals surface area contributed by atoms with E-state index < -0.39 is 35.2 Å². The maximum absolute atomic E-state index is 13.8. The molecular formula is C35H48N2O9. The van der Waals surface area contributed by atoms with Crippen molar-refractivity contribution in [3.8, 4) is 17.2 Å². The topological polar surface area (TPSA) is 141 Å². The Morgan fingerprint density at radius 3 is 2.50 bits per heavy atom. The van der Waals surface area contributed by atoms with Crippen LogP contribution in [-0.4, -0.2) is 80.1 Å². The first-order valence-corrected chi connectivity index (χ1v) is 15.9. The second-order valence-electron chi connectivity index (χ2n) is 12.0. The van der Waals surface area contributed by atoms with Crippen LogP contribution in [0.15, 0.2) is 42.5 Å². The molecule has 2 aromatic carbocycles. The van der Waals surface area contributed by atoms with Crippen molar-refractivity contribution in [2.75, 3.05) is 40.5 Å². The molecule has 1 unspecified atom stereocenters. The Morgan fingerprint density at radius 2 is 1.80 bits per heavy atom. The van der Waals surface area contributed by atoms with Crippen molar-refractivity contribution < 1.29 is 43.2 Å². The number of carbonyl (C=O) groups excluding carboxylic acids is 4. The van der Waals surface area contributed by atoms with E-state index in [9.17, 15) is 19.2 Å². The normalized spacial score (nSPS) is 15.4. The summed E-state index contributed by atoms with van der Waals surface area (Å²) < 4.78 is 22.7. The van der Waals surface area contributed by atoms with Crippen molar-refractivity contribution in [3.05, 3.63) is 53.6 Å². The van der Waals surface area contributed by atoms with Crippen LogP contribution in [0.5, 0.6) is 17.2 Å². The molecule has 1 heterocycles. The lowest BCUT2D eigenvalue weighted by Gasteiger charge is -2.36. The van der Waals surface area contributed by atoms with E-state index in [1.807, 2.05) is 31.2 Å². The second kappa shape index (κ2) is 17.5. The van der Waals surface area contributed by atoms with E-state index in [1.54, 1.807) is 46.3 Å². The molecule has 0 spiro atoms. The summed E-state index contributed by atoms with van der Waals surface area (Å²) in [6, 6.07) is 11.7. The molecule has 0 saturated carbocycles. The first-order chi connectivity index (χ1) is 22.0. The van der Waals surface area contributed by atoms with Gasteiger partial charge in [0.1, 0.15) is 17.9 Å². The summed E-state index contributed by atoms with van der Waals surface area (Å²) in [6.45, 7) is 5.75. The van der Waals surface area contributed by atoms with Gasteiger partial charge in [-0.15, -0.1) is 0 Å². The summed E-state index contributed by atoms with van der Waals surface area (Å²) in [4.78, 5) is 53.7. The summed E-state index contributed by atoms with van der Waals surface area (Å²) in [5.41, 5.74) is 0.762. The summed E-state index contributed by atoms with van der Waals surface area (Å²) in [5.74, 6) is -0.448. The zero-order valence-electron chi connectivity index (χ0n) is 27.6. The van der Waals surface area contributed by atoms with E-state index in [0.717, 1.165) is 12.0 Å². The highest BCUT2D eigenvalue weighted by molar-refractivity contribution is 6.38. The van der Waals surface area contributed by atoms with Gasteiger partial charge in [-0.05, 0) is 80.3 Å². The van der Waals surface area contributed by atoms with Crippen molar-refractivity contribution in [3.63, 3.8) is 0 Å². The molecule has 46 heavy (non-hydrogen) atoms. The smallest absolute Gasteiger partial charge is 0.329 e. The minimum absolute atomic E-state index is 0.0214. The largest absolute Gasteiger partial charge is 0.493 e. The minimum atomic E-state index is -0.872. The monoisotopic (exact) mass is 640 g/mol. The number of piperidine rings is 1. The van der Waals surface area contributed by atoms with Gasteiger partial charge in [0.25, 0.3) is 11.8 Å². The SMILES string of the molecule is CCC(C)(C)C(=O)C(=O)N1CCCCC1C(=O)O[C@H](CCc1ccc(OC)c(OC)c1)c1cccc(OCC(=O)NCCCO)c1. The zero-order chi connectivity index (χ0) is 33.7. The lowest BCUT2D eigenvalue weighted by atomic mass is 9.84. The van der Waals surface area contributed by atoms with Crippen LogP contribution >= 0.6 is 0 Å². The summed E-state index contributed by atoms with van der Waals surface area (Å²) in [7, 11) is 3.13. The quantitative estimate of drug-likeness (QED) is 0.148. The van der Waals surface area contributed by atoms with E-state index in [1.165, 1.54) is 4.90 Å². The molecule has 3 rings (SSSR count). The predicted molar refractivity (Wildman–Crippen MR) is 172 cm³/mol. The maximum Gasteiger partial charge on any atom is 0.329 e. The molecule has 0 aromatic heterocycles. The minimum Gasteiger partial charge on any atom is -0.493 e. The second-order valence-corrected chi connectivity index (χ2v) is 12.0. The van der Waals surface area contributed by atoms with Crippen molar-refractivity contribution in [1.82, 2.24) is 10.2 Å². The maximum atomic E-state index is 13.8. The van der Waals surface area contributed by atoms with E-state index >= 15 is 0 Å². The van der Waals surface area contributed by atoms with Gasteiger partial charge in [0, 0.05) is 25.1 Å². The van der Waals surface area contributed by atoms with E-state index in [0.29, 0.717) is 74.4 Å². The van der Waals surface area contributed by atoms with E-state index in [2.05, 4.69) is 5.32 Å². The highest BCUT2D eigenvalue weighted by atomic mass is 16.5. The number of aliphatic hydroxyl groups excluding tert-OH is 1. The number of carbonyl (C=O) groups is 4. The molecule has 2 N–H and O–H groups in total. The number of ketones is 1. The molecule has 1 aliphatic rings. The van der Waals surface area contributed by atoms with Gasteiger partial charge < -0.3 is 34.3 Å². The molecule has 0 bridgehead atoms. The van der Waals surface area contributed by atoms with Crippen molar-refractivity contribution in [1.29, 1.82) is 0 Å². The molecule has 2 amide bonds. The lowest BCUT2D eigenvalue weighted by Crippen LogP contribution is -2.53. The number of nitrogens with one attached hydrogen (secondary N) is 1. The highest BCUT2D eigenvalue weighted by Crippen LogP contribution is 2.32. The Bertz CT molecular complexity index is 1340. The number of aliphatic hydroxyl groups is 1. The molecule has 1 saturated heterocycles. The Morgan fingerprint density at radius 1 is 1.04 bits per heavy atom. The molecule has 0 radical (unpaired) electrons. The molecule has 1 fully saturated rings. The molecule has 11 nitrogen and oxygen atoms in total. The van der Waals surface area contributed by atoms with E-state index in [-0.39, 0.29) is 19.1 Å². The van der Waals surface area contributed by atoms with Gasteiger partial charge in [-0.25, -0.2) is 4.79 Å². The van der Waals surface area contributed by atoms with Gasteiger partial charge in [-0.1, -0.05) is 39.0 Å². The Balaban J connectivity index is 1.84. The average molecular weight is 641 g/mol. The van der Waals surface area contributed by atoms with Crippen LogP contribution in [0.3, 0.4) is 0 Å². The summed E-state index contributed by atoms with van der Waals surface area (Å²) >= 11 is 0. The van der Waals surface area contributed by atoms with Crippen LogP contribution in [0.4, 0.5) is 0 Å². The molecule has 2 atom stereocenters. The molecular weight excluding hydrogens is 592 g/mol. The fourth-order valence-electron chi connectivity index (χ4n) is 5.16. The first kappa shape index (κ1) is 36.3. The third-order valence-corrected chi connectivity index (χ3v) is 8.39. The number of methoxy groups -OCH3 is 2. The number of hydrogen-bond donors (Lipinski definition) is 2. The van der Waals surface area contributed by atoms with Gasteiger partial charge in [0.15, 0.2) is 18.1 Å². The Hall–Kier alpha value is -4.12.